The van der Waals surface area contributed by atoms with Gasteiger partial charge in [-0.25, -0.2) is 0 Å². The molecule has 0 spiro atoms. The van der Waals surface area contributed by atoms with E-state index in [2.05, 4.69) is 34.6 Å². The Kier molecular flexibility index (Phi) is 5.69. The Morgan fingerprint density at radius 3 is 2.79 bits per heavy atom. The van der Waals surface area contributed by atoms with Crippen LogP contribution in [-0.2, 0) is 11.2 Å². The Bertz CT molecular complexity index is 388. The van der Waals surface area contributed by atoms with Gasteiger partial charge in [0.1, 0.15) is 0 Å². The number of ether oxygens (including phenoxy) is 1. The highest BCUT2D eigenvalue weighted by atomic mass is 16.5. The van der Waals surface area contributed by atoms with Crippen LogP contribution in [0.1, 0.15) is 24.8 Å². The van der Waals surface area contributed by atoms with Crippen molar-refractivity contribution in [2.75, 3.05) is 19.8 Å². The molecule has 1 aliphatic rings. The second-order valence-corrected chi connectivity index (χ2v) is 4.89. The summed E-state index contributed by atoms with van der Waals surface area (Å²) in [6, 6.07) is 11.0. The lowest BCUT2D eigenvalue weighted by molar-refractivity contribution is 0.136. The van der Waals surface area contributed by atoms with Gasteiger partial charge >= 0.3 is 0 Å². The molecule has 19 heavy (non-hydrogen) atoms. The number of nitrogens with zero attached hydrogens (tertiary/aromatic N) is 1. The lowest BCUT2D eigenvalue weighted by atomic mass is 10.2. The van der Waals surface area contributed by atoms with E-state index in [1.54, 1.807) is 0 Å². The van der Waals surface area contributed by atoms with Crippen molar-refractivity contribution in [1.82, 2.24) is 5.32 Å². The van der Waals surface area contributed by atoms with E-state index in [4.69, 9.17) is 10.5 Å². The number of hydrogen-bond acceptors (Lipinski definition) is 2. The minimum Gasteiger partial charge on any atom is -0.381 e. The third-order valence-electron chi connectivity index (χ3n) is 3.04. The summed E-state index contributed by atoms with van der Waals surface area (Å²) in [5.41, 5.74) is 7.05. The van der Waals surface area contributed by atoms with Crippen molar-refractivity contribution in [3.63, 3.8) is 0 Å². The molecule has 3 N–H and O–H groups in total. The summed E-state index contributed by atoms with van der Waals surface area (Å²) >= 11 is 0. The van der Waals surface area contributed by atoms with Crippen molar-refractivity contribution in [1.29, 1.82) is 0 Å². The molecule has 2 rings (SSSR count). The van der Waals surface area contributed by atoms with E-state index in [-0.39, 0.29) is 0 Å². The van der Waals surface area contributed by atoms with Gasteiger partial charge in [0.25, 0.3) is 0 Å². The number of nitrogens with two attached hydrogens (primary N) is 1. The Morgan fingerprint density at radius 2 is 2.05 bits per heavy atom. The maximum atomic E-state index is 5.73. The third kappa shape index (κ3) is 6.25. The molecule has 0 atom stereocenters. The first-order chi connectivity index (χ1) is 9.34. The minimum atomic E-state index is 0.575. The van der Waals surface area contributed by atoms with Gasteiger partial charge in [0, 0.05) is 19.2 Å². The zero-order valence-corrected chi connectivity index (χ0v) is 11.3. The molecule has 0 radical (unpaired) electrons. The standard InChI is InChI=1S/C15H23N3O/c16-15(18-14-7-8-14)17-10-4-11-19-12-9-13-5-2-1-3-6-13/h1-3,5-6,14H,4,7-12H2,(H3,16,17,18). The Labute approximate surface area is 115 Å². The molecule has 4 nitrogen and oxygen atoms in total. The Morgan fingerprint density at radius 1 is 1.26 bits per heavy atom. The van der Waals surface area contributed by atoms with Gasteiger partial charge in [-0.3, -0.25) is 4.99 Å². The summed E-state index contributed by atoms with van der Waals surface area (Å²) in [5.74, 6) is 0.576. The first-order valence-electron chi connectivity index (χ1n) is 7.03. The Hall–Kier alpha value is -1.55. The molecule has 104 valence electrons. The van der Waals surface area contributed by atoms with Crippen molar-refractivity contribution in [3.8, 4) is 0 Å². The lowest BCUT2D eigenvalue weighted by Crippen LogP contribution is -2.33. The average Bonchev–Trinajstić information content (AvgIpc) is 3.23. The van der Waals surface area contributed by atoms with E-state index in [1.165, 1.54) is 18.4 Å². The second-order valence-electron chi connectivity index (χ2n) is 4.89. The molecule has 1 aromatic rings. The largest absolute Gasteiger partial charge is 0.381 e. The zero-order valence-electron chi connectivity index (χ0n) is 11.3. The summed E-state index contributed by atoms with van der Waals surface area (Å²) in [4.78, 5) is 4.26. The molecular weight excluding hydrogens is 238 g/mol. The van der Waals surface area contributed by atoms with Crippen molar-refractivity contribution < 1.29 is 4.74 Å². The predicted molar refractivity (Wildman–Crippen MR) is 78.2 cm³/mol. The summed E-state index contributed by atoms with van der Waals surface area (Å²) in [7, 11) is 0. The van der Waals surface area contributed by atoms with Crippen molar-refractivity contribution in [2.45, 2.75) is 31.7 Å². The minimum absolute atomic E-state index is 0.575. The quantitative estimate of drug-likeness (QED) is 0.425. The molecule has 4 heteroatoms. The van der Waals surface area contributed by atoms with Crippen LogP contribution in [0.25, 0.3) is 0 Å². The van der Waals surface area contributed by atoms with Crippen LogP contribution in [0.15, 0.2) is 35.3 Å². The number of hydrogen-bond donors (Lipinski definition) is 2. The van der Waals surface area contributed by atoms with Gasteiger partial charge in [0.2, 0.25) is 0 Å². The predicted octanol–water partition coefficient (Wildman–Crippen LogP) is 1.70. The highest BCUT2D eigenvalue weighted by Gasteiger charge is 2.21. The van der Waals surface area contributed by atoms with E-state index in [9.17, 15) is 0 Å². The van der Waals surface area contributed by atoms with Gasteiger partial charge in [-0.05, 0) is 31.2 Å². The first-order valence-corrected chi connectivity index (χ1v) is 7.03. The van der Waals surface area contributed by atoms with Crippen LogP contribution in [0.2, 0.25) is 0 Å². The van der Waals surface area contributed by atoms with Crippen LogP contribution in [0.5, 0.6) is 0 Å². The van der Waals surface area contributed by atoms with Crippen molar-refractivity contribution >= 4 is 5.96 Å². The molecule has 0 unspecified atom stereocenters. The fraction of sp³-hybridized carbons (Fsp3) is 0.533. The van der Waals surface area contributed by atoms with Gasteiger partial charge in [0.05, 0.1) is 6.61 Å². The molecule has 1 aliphatic carbocycles. The number of aliphatic imine (C=N–C) groups is 1. The third-order valence-corrected chi connectivity index (χ3v) is 3.04. The molecular formula is C15H23N3O. The molecule has 0 amide bonds. The van der Waals surface area contributed by atoms with E-state index in [1.807, 2.05) is 6.07 Å². The number of rotatable bonds is 8. The van der Waals surface area contributed by atoms with Crippen molar-refractivity contribution in [2.24, 2.45) is 10.7 Å². The van der Waals surface area contributed by atoms with E-state index in [0.29, 0.717) is 12.0 Å². The summed E-state index contributed by atoms with van der Waals surface area (Å²) in [6.07, 6.45) is 4.33. The molecule has 0 saturated heterocycles. The van der Waals surface area contributed by atoms with Gasteiger partial charge in [0.15, 0.2) is 5.96 Å². The fourth-order valence-corrected chi connectivity index (χ4v) is 1.79. The molecule has 1 saturated carbocycles. The number of guanidine groups is 1. The van der Waals surface area contributed by atoms with Crippen LogP contribution < -0.4 is 11.1 Å². The molecule has 0 aliphatic heterocycles. The van der Waals surface area contributed by atoms with E-state index < -0.39 is 0 Å². The van der Waals surface area contributed by atoms with Gasteiger partial charge in [-0.2, -0.15) is 0 Å². The fourth-order valence-electron chi connectivity index (χ4n) is 1.79. The summed E-state index contributed by atoms with van der Waals surface area (Å²) < 4.78 is 5.58. The van der Waals surface area contributed by atoms with Gasteiger partial charge in [-0.1, -0.05) is 30.3 Å². The normalized spacial score (nSPS) is 15.5. The van der Waals surface area contributed by atoms with E-state index >= 15 is 0 Å². The van der Waals surface area contributed by atoms with E-state index in [0.717, 1.165) is 32.6 Å². The molecule has 1 fully saturated rings. The Balaban J connectivity index is 1.45. The second kappa shape index (κ2) is 7.79. The highest BCUT2D eigenvalue weighted by Crippen LogP contribution is 2.17. The average molecular weight is 261 g/mol. The summed E-state index contributed by atoms with van der Waals surface area (Å²) in [6.45, 7) is 2.24. The first kappa shape index (κ1) is 13.9. The molecule has 0 bridgehead atoms. The zero-order chi connectivity index (χ0) is 13.3. The maximum absolute atomic E-state index is 5.73. The SMILES string of the molecule is NC(=NCCCOCCc1ccccc1)NC1CC1. The number of benzene rings is 1. The van der Waals surface area contributed by atoms with Crippen LogP contribution >= 0.6 is 0 Å². The smallest absolute Gasteiger partial charge is 0.188 e. The van der Waals surface area contributed by atoms with Crippen LogP contribution in [-0.4, -0.2) is 31.8 Å². The number of nitrogens with one attached hydrogen (secondary N) is 1. The van der Waals surface area contributed by atoms with Gasteiger partial charge < -0.3 is 15.8 Å². The van der Waals surface area contributed by atoms with Crippen LogP contribution in [0.4, 0.5) is 0 Å². The molecule has 1 aromatic carbocycles. The lowest BCUT2D eigenvalue weighted by Gasteiger charge is -2.04. The van der Waals surface area contributed by atoms with Gasteiger partial charge in [-0.15, -0.1) is 0 Å². The topological polar surface area (TPSA) is 59.6 Å². The van der Waals surface area contributed by atoms with Crippen LogP contribution in [0, 0.1) is 0 Å². The van der Waals surface area contributed by atoms with Crippen LogP contribution in [0.3, 0.4) is 0 Å². The van der Waals surface area contributed by atoms with Crippen molar-refractivity contribution in [3.05, 3.63) is 35.9 Å². The molecule has 0 heterocycles. The monoisotopic (exact) mass is 261 g/mol. The maximum Gasteiger partial charge on any atom is 0.188 e. The highest BCUT2D eigenvalue weighted by molar-refractivity contribution is 5.78. The molecule has 0 aromatic heterocycles. The summed E-state index contributed by atoms with van der Waals surface area (Å²) in [5, 5.41) is 3.16.